The number of aliphatic carboxylic acids is 1. The highest BCUT2D eigenvalue weighted by atomic mass is 35.6. The molecular weight excluding hydrogens is 475 g/mol. The van der Waals surface area contributed by atoms with Crippen LogP contribution in [0.4, 0.5) is 0 Å². The summed E-state index contributed by atoms with van der Waals surface area (Å²) in [4.78, 5) is 39.1. The molecule has 3 rings (SSSR count). The average molecular weight is 496 g/mol. The quantitative estimate of drug-likeness (QED) is 0.446. The zero-order chi connectivity index (χ0) is 22.3. The smallest absolute Gasteiger partial charge is 0.331 e. The molecule has 4 atom stereocenters. The van der Waals surface area contributed by atoms with Crippen molar-refractivity contribution in [3.63, 3.8) is 0 Å². The van der Waals surface area contributed by atoms with Crippen LogP contribution in [0.1, 0.15) is 18.9 Å². The van der Waals surface area contributed by atoms with E-state index in [9.17, 15) is 19.5 Å². The van der Waals surface area contributed by atoms with Crippen LogP contribution in [-0.2, 0) is 25.5 Å². The van der Waals surface area contributed by atoms with Crippen LogP contribution in [0.3, 0.4) is 0 Å². The van der Waals surface area contributed by atoms with Gasteiger partial charge >= 0.3 is 5.97 Å². The molecule has 2 fully saturated rings. The number of carbonyl (C=O) groups is 3. The summed E-state index contributed by atoms with van der Waals surface area (Å²) in [6.07, 6.45) is -0.310. The third kappa shape index (κ3) is 4.00. The van der Waals surface area contributed by atoms with Gasteiger partial charge in [-0.1, -0.05) is 65.1 Å². The summed E-state index contributed by atoms with van der Waals surface area (Å²) in [6.45, 7) is 1.68. The van der Waals surface area contributed by atoms with Gasteiger partial charge in [-0.3, -0.25) is 9.59 Å². The number of β-lactam (4-membered cyclic amide) rings is 1. The molecule has 7 nitrogen and oxygen atoms in total. The van der Waals surface area contributed by atoms with Gasteiger partial charge in [0.1, 0.15) is 11.4 Å². The number of methoxy groups -OCH3 is 1. The summed E-state index contributed by atoms with van der Waals surface area (Å²) in [5.74, 6) is -2.14. The second-order valence-corrected chi connectivity index (χ2v) is 11.7. The number of thioether (sulfide) groups is 1. The normalized spacial score (nSPS) is 30.6. The van der Waals surface area contributed by atoms with Gasteiger partial charge in [0.2, 0.25) is 11.8 Å². The van der Waals surface area contributed by atoms with Crippen LogP contribution >= 0.6 is 46.6 Å². The summed E-state index contributed by atoms with van der Waals surface area (Å²) in [6, 6.07) is 8.24. The highest BCUT2D eigenvalue weighted by Gasteiger charge is 2.75. The summed E-state index contributed by atoms with van der Waals surface area (Å²) >= 11 is 19.2. The second kappa shape index (κ2) is 8.39. The number of hydrogen-bond donors (Lipinski definition) is 2. The fraction of sp³-hybridized carbons (Fsp3) is 0.526. The van der Waals surface area contributed by atoms with E-state index in [1.807, 2.05) is 30.3 Å². The Labute approximate surface area is 193 Å². The maximum absolute atomic E-state index is 13.0. The van der Waals surface area contributed by atoms with Gasteiger partial charge in [0.25, 0.3) is 0 Å². The number of alkyl halides is 3. The molecule has 1 aromatic rings. The Morgan fingerprint density at radius 3 is 2.47 bits per heavy atom. The number of fused-ring (bicyclic) bond motifs is 1. The van der Waals surface area contributed by atoms with Crippen LogP contribution in [-0.4, -0.2) is 67.0 Å². The van der Waals surface area contributed by atoms with Crippen molar-refractivity contribution in [2.45, 2.75) is 45.3 Å². The van der Waals surface area contributed by atoms with Gasteiger partial charge in [-0.15, -0.1) is 11.8 Å². The van der Waals surface area contributed by atoms with Gasteiger partial charge in [-0.25, -0.2) is 4.79 Å². The van der Waals surface area contributed by atoms with Crippen LogP contribution in [0.2, 0.25) is 0 Å². The van der Waals surface area contributed by atoms with E-state index in [2.05, 4.69) is 5.32 Å². The van der Waals surface area contributed by atoms with E-state index in [-0.39, 0.29) is 18.9 Å². The van der Waals surface area contributed by atoms with Gasteiger partial charge in [-0.05, 0) is 12.5 Å². The van der Waals surface area contributed by atoms with Crippen molar-refractivity contribution < 1.29 is 24.2 Å². The molecule has 0 aliphatic carbocycles. The van der Waals surface area contributed by atoms with Gasteiger partial charge in [0.05, 0.1) is 17.8 Å². The highest BCUT2D eigenvalue weighted by Crippen LogP contribution is 2.60. The number of nitrogens with zero attached hydrogens (tertiary/aromatic N) is 1. The highest BCUT2D eigenvalue weighted by molar-refractivity contribution is 8.01. The number of carboxylic acids is 1. The largest absolute Gasteiger partial charge is 0.479 e. The van der Waals surface area contributed by atoms with Crippen molar-refractivity contribution in [2.75, 3.05) is 13.7 Å². The van der Waals surface area contributed by atoms with Crippen molar-refractivity contribution >= 4 is 64.3 Å². The van der Waals surface area contributed by atoms with E-state index in [1.165, 1.54) is 23.8 Å². The average Bonchev–Trinajstić information content (AvgIpc) is 2.86. The molecule has 0 spiro atoms. The Balaban J connectivity index is 1.86. The lowest BCUT2D eigenvalue weighted by molar-refractivity contribution is -0.173. The Morgan fingerprint density at radius 1 is 1.30 bits per heavy atom. The first-order valence-electron chi connectivity index (χ1n) is 9.08. The fourth-order valence-corrected chi connectivity index (χ4v) is 6.61. The molecular formula is C19H21Cl3N2O5S. The molecule has 2 aliphatic heterocycles. The lowest BCUT2D eigenvalue weighted by atomic mass is 9.78. The molecule has 1 aromatic carbocycles. The van der Waals surface area contributed by atoms with E-state index in [4.69, 9.17) is 39.5 Å². The van der Waals surface area contributed by atoms with Crippen LogP contribution in [0.15, 0.2) is 30.3 Å². The van der Waals surface area contributed by atoms with E-state index in [0.717, 1.165) is 5.56 Å². The van der Waals surface area contributed by atoms with Crippen LogP contribution in [0.5, 0.6) is 0 Å². The fourth-order valence-electron chi connectivity index (χ4n) is 4.14. The van der Waals surface area contributed by atoms with Crippen molar-refractivity contribution in [3.05, 3.63) is 35.9 Å². The number of rotatable bonds is 7. The van der Waals surface area contributed by atoms with E-state index < -0.39 is 43.8 Å². The zero-order valence-corrected chi connectivity index (χ0v) is 19.3. The molecule has 2 N–H and O–H groups in total. The Morgan fingerprint density at radius 2 is 1.93 bits per heavy atom. The van der Waals surface area contributed by atoms with Crippen molar-refractivity contribution in [1.82, 2.24) is 10.2 Å². The number of hydrogen-bond acceptors (Lipinski definition) is 5. The third-order valence-corrected chi connectivity index (χ3v) is 7.57. The number of amides is 2. The molecule has 3 unspecified atom stereocenters. The summed E-state index contributed by atoms with van der Waals surface area (Å²) in [5, 5.41) is 12.3. The number of carboxylic acid groups (broad SMARTS) is 1. The minimum absolute atomic E-state index is 0.00960. The first kappa shape index (κ1) is 23.5. The summed E-state index contributed by atoms with van der Waals surface area (Å²) in [7, 11) is 1.43. The molecule has 0 aromatic heterocycles. The first-order chi connectivity index (χ1) is 13.9. The molecule has 2 saturated heterocycles. The predicted molar refractivity (Wildman–Crippen MR) is 116 cm³/mol. The maximum atomic E-state index is 13.0. The minimum Gasteiger partial charge on any atom is -0.479 e. The monoisotopic (exact) mass is 494 g/mol. The third-order valence-electron chi connectivity index (χ3n) is 5.46. The lowest BCUT2D eigenvalue weighted by Gasteiger charge is -2.51. The van der Waals surface area contributed by atoms with Gasteiger partial charge < -0.3 is 20.1 Å². The Bertz CT molecular complexity index is 852. The van der Waals surface area contributed by atoms with E-state index >= 15 is 0 Å². The van der Waals surface area contributed by atoms with Crippen molar-refractivity contribution in [3.8, 4) is 0 Å². The molecule has 164 valence electrons. The predicted octanol–water partition coefficient (Wildman–Crippen LogP) is 2.62. The summed E-state index contributed by atoms with van der Waals surface area (Å²) in [5.41, 5.74) is -1.00. The van der Waals surface area contributed by atoms with Crippen LogP contribution in [0.25, 0.3) is 0 Å². The number of ether oxygens (including phenoxy) is 1. The van der Waals surface area contributed by atoms with Gasteiger partial charge in [0.15, 0.2) is 9.33 Å². The van der Waals surface area contributed by atoms with E-state index in [1.54, 1.807) is 6.92 Å². The SMILES string of the molecule is COCC1(C)S[C@@H]2C(NC(=O)Cc3ccccc3)C(=O)N2C1(CC(Cl)(Cl)Cl)C(=O)O. The number of benzene rings is 1. The van der Waals surface area contributed by atoms with Gasteiger partial charge in [-0.2, -0.15) is 0 Å². The lowest BCUT2D eigenvalue weighted by Crippen LogP contribution is -2.76. The molecule has 30 heavy (non-hydrogen) atoms. The van der Waals surface area contributed by atoms with Crippen LogP contribution in [0, 0.1) is 0 Å². The minimum atomic E-state index is -1.91. The molecule has 0 bridgehead atoms. The zero-order valence-electron chi connectivity index (χ0n) is 16.2. The Kier molecular flexibility index (Phi) is 6.56. The number of nitrogens with one attached hydrogen (secondary N) is 1. The molecule has 0 saturated carbocycles. The second-order valence-electron chi connectivity index (χ2n) is 7.55. The molecule has 0 radical (unpaired) electrons. The standard InChI is InChI=1S/C19H21Cl3N2O5S/c1-17(10-29-2)18(16(27)28,9-19(20,21)22)24-14(26)13(15(24)30-17)23-12(25)8-11-6-4-3-5-7-11/h3-7,13,15H,8-10H2,1-2H3,(H,23,25)(H,27,28)/t13?,15-,17?,18?/m1/s1. The number of halogens is 3. The molecule has 2 aliphatic rings. The number of carbonyl (C=O) groups excluding carboxylic acids is 2. The summed E-state index contributed by atoms with van der Waals surface area (Å²) < 4.78 is 2.25. The first-order valence-corrected chi connectivity index (χ1v) is 11.1. The van der Waals surface area contributed by atoms with Crippen molar-refractivity contribution in [2.24, 2.45) is 0 Å². The topological polar surface area (TPSA) is 95.9 Å². The van der Waals surface area contributed by atoms with E-state index in [0.29, 0.717) is 0 Å². The van der Waals surface area contributed by atoms with Gasteiger partial charge in [0, 0.05) is 13.5 Å². The molecule has 2 heterocycles. The molecule has 2 amide bonds. The molecule has 11 heteroatoms. The van der Waals surface area contributed by atoms with Crippen LogP contribution < -0.4 is 5.32 Å². The van der Waals surface area contributed by atoms with Crippen molar-refractivity contribution in [1.29, 1.82) is 0 Å². The maximum Gasteiger partial charge on any atom is 0.331 e. The Hall–Kier alpha value is -1.19.